The number of carboxylic acid groups (broad SMARTS) is 1. The molecule has 1 atom stereocenters. The predicted molar refractivity (Wildman–Crippen MR) is 109 cm³/mol. The first-order chi connectivity index (χ1) is 13.6. The minimum atomic E-state index is -1.08. The molecule has 0 saturated heterocycles. The lowest BCUT2D eigenvalue weighted by Crippen LogP contribution is -2.21. The smallest absolute Gasteiger partial charge is 0.337 e. The molecular weight excluding hydrogens is 376 g/mol. The number of benzene rings is 3. The van der Waals surface area contributed by atoms with Crippen LogP contribution in [0.25, 0.3) is 0 Å². The molecule has 2 N–H and O–H groups in total. The number of carboxylic acids is 1. The molecule has 1 aliphatic rings. The second-order valence-corrected chi connectivity index (χ2v) is 6.79. The molecule has 0 bridgehead atoms. The number of hydrazone groups is 1. The van der Waals surface area contributed by atoms with Crippen molar-refractivity contribution in [2.24, 2.45) is 5.10 Å². The standard InChI is InChI=1S/C22H17ClN2O3/c23-18-11-10-15(12-17(18)22(26)27)24-25-19-13-21(14-6-2-1-3-7-14)28-20-9-5-4-8-16(19)20/h1-12,21,24H,13H2,(H,26,27)/t21-/m1/s1. The van der Waals surface area contributed by atoms with Crippen molar-refractivity contribution in [3.05, 3.63) is 94.5 Å². The lowest BCUT2D eigenvalue weighted by atomic mass is 9.96. The third-order valence-corrected chi connectivity index (χ3v) is 4.86. The number of ether oxygens (including phenoxy) is 1. The molecule has 28 heavy (non-hydrogen) atoms. The summed E-state index contributed by atoms with van der Waals surface area (Å²) in [6.07, 6.45) is 0.449. The second kappa shape index (κ2) is 7.74. The summed E-state index contributed by atoms with van der Waals surface area (Å²) in [7, 11) is 0. The molecule has 1 aliphatic heterocycles. The topological polar surface area (TPSA) is 70.9 Å². The summed E-state index contributed by atoms with van der Waals surface area (Å²) < 4.78 is 6.16. The number of anilines is 1. The zero-order valence-corrected chi connectivity index (χ0v) is 15.6. The van der Waals surface area contributed by atoms with Gasteiger partial charge in [-0.25, -0.2) is 4.79 Å². The van der Waals surface area contributed by atoms with Crippen LogP contribution < -0.4 is 10.2 Å². The number of nitrogens with zero attached hydrogens (tertiary/aromatic N) is 1. The number of halogens is 1. The van der Waals surface area contributed by atoms with E-state index in [2.05, 4.69) is 10.5 Å². The summed E-state index contributed by atoms with van der Waals surface area (Å²) in [5, 5.41) is 14.0. The summed E-state index contributed by atoms with van der Waals surface area (Å²) in [4.78, 5) is 11.3. The molecule has 0 radical (unpaired) electrons. The molecule has 3 aromatic rings. The van der Waals surface area contributed by atoms with E-state index in [4.69, 9.17) is 16.3 Å². The first-order valence-electron chi connectivity index (χ1n) is 8.78. The highest BCUT2D eigenvalue weighted by Gasteiger charge is 2.26. The quantitative estimate of drug-likeness (QED) is 0.585. The van der Waals surface area contributed by atoms with E-state index < -0.39 is 5.97 Å². The number of nitrogens with one attached hydrogen (secondary N) is 1. The fourth-order valence-corrected chi connectivity index (χ4v) is 3.34. The maximum absolute atomic E-state index is 11.3. The van der Waals surface area contributed by atoms with Crippen molar-refractivity contribution in [3.8, 4) is 5.75 Å². The lowest BCUT2D eigenvalue weighted by Gasteiger charge is -2.27. The first-order valence-corrected chi connectivity index (χ1v) is 9.16. The van der Waals surface area contributed by atoms with Crippen molar-refractivity contribution in [1.29, 1.82) is 0 Å². The van der Waals surface area contributed by atoms with Crippen LogP contribution in [-0.4, -0.2) is 16.8 Å². The predicted octanol–water partition coefficient (Wildman–Crippen LogP) is 5.38. The number of aromatic carboxylic acids is 1. The lowest BCUT2D eigenvalue weighted by molar-refractivity contribution is 0.0697. The molecule has 0 spiro atoms. The molecule has 3 aromatic carbocycles. The summed E-state index contributed by atoms with van der Waals surface area (Å²) in [6, 6.07) is 22.4. The average Bonchev–Trinajstić information content (AvgIpc) is 2.73. The van der Waals surface area contributed by atoms with Crippen molar-refractivity contribution in [1.82, 2.24) is 0 Å². The summed E-state index contributed by atoms with van der Waals surface area (Å²) >= 11 is 5.93. The zero-order valence-electron chi connectivity index (χ0n) is 14.8. The van der Waals surface area contributed by atoms with Crippen molar-refractivity contribution in [2.75, 3.05) is 5.43 Å². The molecular formula is C22H17ClN2O3. The molecule has 0 fully saturated rings. The monoisotopic (exact) mass is 392 g/mol. The fraction of sp³-hybridized carbons (Fsp3) is 0.0909. The Balaban J connectivity index is 1.66. The Bertz CT molecular complexity index is 1050. The van der Waals surface area contributed by atoms with Gasteiger partial charge in [-0.05, 0) is 35.9 Å². The number of para-hydroxylation sites is 1. The molecule has 0 aliphatic carbocycles. The summed E-state index contributed by atoms with van der Waals surface area (Å²) in [6.45, 7) is 0. The zero-order chi connectivity index (χ0) is 19.5. The van der Waals surface area contributed by atoms with Crippen LogP contribution in [0.2, 0.25) is 5.02 Å². The number of hydrogen-bond donors (Lipinski definition) is 2. The van der Waals surface area contributed by atoms with Gasteiger partial charge >= 0.3 is 5.97 Å². The third kappa shape index (κ3) is 3.70. The van der Waals surface area contributed by atoms with E-state index in [0.717, 1.165) is 22.6 Å². The second-order valence-electron chi connectivity index (χ2n) is 6.39. The highest BCUT2D eigenvalue weighted by atomic mass is 35.5. The van der Waals surface area contributed by atoms with Gasteiger partial charge in [-0.2, -0.15) is 5.10 Å². The van der Waals surface area contributed by atoms with E-state index >= 15 is 0 Å². The largest absolute Gasteiger partial charge is 0.485 e. The normalized spacial score (nSPS) is 16.9. The van der Waals surface area contributed by atoms with E-state index in [0.29, 0.717) is 12.1 Å². The molecule has 5 nitrogen and oxygen atoms in total. The Labute approximate surface area is 167 Å². The van der Waals surface area contributed by atoms with Gasteiger partial charge in [-0.15, -0.1) is 0 Å². The summed E-state index contributed by atoms with van der Waals surface area (Å²) in [5.74, 6) is -0.313. The average molecular weight is 393 g/mol. The maximum atomic E-state index is 11.3. The minimum Gasteiger partial charge on any atom is -0.485 e. The van der Waals surface area contributed by atoms with Crippen LogP contribution >= 0.6 is 11.6 Å². The van der Waals surface area contributed by atoms with Crippen molar-refractivity contribution >= 4 is 29.0 Å². The van der Waals surface area contributed by atoms with Crippen LogP contribution in [-0.2, 0) is 0 Å². The van der Waals surface area contributed by atoms with Gasteiger partial charge in [0.1, 0.15) is 11.9 Å². The fourth-order valence-electron chi connectivity index (χ4n) is 3.14. The van der Waals surface area contributed by atoms with Crippen LogP contribution in [0.4, 0.5) is 5.69 Å². The number of carbonyl (C=O) groups is 1. The van der Waals surface area contributed by atoms with Gasteiger partial charge in [-0.3, -0.25) is 5.43 Å². The number of rotatable bonds is 4. The molecule has 140 valence electrons. The number of hydrogen-bond acceptors (Lipinski definition) is 4. The van der Waals surface area contributed by atoms with Crippen molar-refractivity contribution in [2.45, 2.75) is 12.5 Å². The van der Waals surface area contributed by atoms with Crippen LogP contribution in [0.5, 0.6) is 5.75 Å². The third-order valence-electron chi connectivity index (χ3n) is 4.53. The Morgan fingerprint density at radius 2 is 1.82 bits per heavy atom. The Morgan fingerprint density at radius 3 is 2.61 bits per heavy atom. The SMILES string of the molecule is O=C(O)c1cc(NN=C2C[C@H](c3ccccc3)Oc3ccccc32)ccc1Cl. The van der Waals surface area contributed by atoms with Gasteiger partial charge in [0.25, 0.3) is 0 Å². The van der Waals surface area contributed by atoms with E-state index in [9.17, 15) is 9.90 Å². The molecule has 1 heterocycles. The molecule has 4 rings (SSSR count). The van der Waals surface area contributed by atoms with Crippen LogP contribution in [0.1, 0.15) is 34.0 Å². The van der Waals surface area contributed by atoms with Crippen molar-refractivity contribution in [3.63, 3.8) is 0 Å². The van der Waals surface area contributed by atoms with Gasteiger partial charge in [0, 0.05) is 12.0 Å². The summed E-state index contributed by atoms with van der Waals surface area (Å²) in [5.41, 5.74) is 6.36. The van der Waals surface area contributed by atoms with Crippen LogP contribution in [0.3, 0.4) is 0 Å². The van der Waals surface area contributed by atoms with Crippen molar-refractivity contribution < 1.29 is 14.6 Å². The Morgan fingerprint density at radius 1 is 1.07 bits per heavy atom. The highest BCUT2D eigenvalue weighted by molar-refractivity contribution is 6.33. The van der Waals surface area contributed by atoms with Gasteiger partial charge in [0.15, 0.2) is 0 Å². The Kier molecular flexibility index (Phi) is 5.00. The van der Waals surface area contributed by atoms with Gasteiger partial charge in [0.05, 0.1) is 22.0 Å². The molecule has 0 unspecified atom stereocenters. The van der Waals surface area contributed by atoms with Gasteiger partial charge in [0.2, 0.25) is 0 Å². The molecule has 0 saturated carbocycles. The molecule has 0 aromatic heterocycles. The van der Waals surface area contributed by atoms with E-state index in [-0.39, 0.29) is 16.7 Å². The van der Waals surface area contributed by atoms with Gasteiger partial charge in [-0.1, -0.05) is 54.1 Å². The maximum Gasteiger partial charge on any atom is 0.337 e. The highest BCUT2D eigenvalue weighted by Crippen LogP contribution is 2.35. The van der Waals surface area contributed by atoms with Crippen LogP contribution in [0.15, 0.2) is 77.9 Å². The molecule has 0 amide bonds. The van der Waals surface area contributed by atoms with E-state index in [1.165, 1.54) is 12.1 Å². The minimum absolute atomic E-state index is 0.0291. The number of fused-ring (bicyclic) bond motifs is 1. The van der Waals surface area contributed by atoms with Crippen LogP contribution in [0, 0.1) is 0 Å². The van der Waals surface area contributed by atoms with E-state index in [1.807, 2.05) is 54.6 Å². The molecule has 6 heteroatoms. The first kappa shape index (κ1) is 18.1. The van der Waals surface area contributed by atoms with E-state index in [1.54, 1.807) is 6.07 Å². The Hall–Kier alpha value is -3.31. The van der Waals surface area contributed by atoms with Gasteiger partial charge < -0.3 is 9.84 Å².